The second-order valence-electron chi connectivity index (χ2n) is 5.41. The summed E-state index contributed by atoms with van der Waals surface area (Å²) in [5, 5.41) is 3.43. The molecule has 1 saturated carbocycles. The molecular weight excluding hydrogens is 226 g/mol. The molecule has 1 heterocycles. The van der Waals surface area contributed by atoms with Crippen molar-refractivity contribution in [2.45, 2.75) is 39.2 Å². The van der Waals surface area contributed by atoms with Crippen molar-refractivity contribution in [3.8, 4) is 0 Å². The van der Waals surface area contributed by atoms with Gasteiger partial charge in [-0.25, -0.2) is 4.98 Å². The molecule has 1 amide bonds. The van der Waals surface area contributed by atoms with Crippen LogP contribution in [0.2, 0.25) is 0 Å². The zero-order valence-corrected chi connectivity index (χ0v) is 11.0. The lowest BCUT2D eigenvalue weighted by atomic mass is 9.79. The van der Waals surface area contributed by atoms with Crippen LogP contribution in [0.4, 0.5) is 5.82 Å². The maximum atomic E-state index is 10.9. The number of nitrogens with zero attached hydrogens (tertiary/aromatic N) is 1. The van der Waals surface area contributed by atoms with Crippen molar-refractivity contribution in [1.82, 2.24) is 4.98 Å². The normalized spacial score (nSPS) is 27.8. The highest BCUT2D eigenvalue weighted by molar-refractivity contribution is 5.92. The van der Waals surface area contributed by atoms with Gasteiger partial charge in [-0.2, -0.15) is 0 Å². The van der Waals surface area contributed by atoms with Gasteiger partial charge in [-0.1, -0.05) is 13.8 Å². The Bertz CT molecular complexity index is 416. The molecule has 3 N–H and O–H groups in total. The number of nitrogens with two attached hydrogens (primary N) is 1. The van der Waals surface area contributed by atoms with Crippen molar-refractivity contribution in [2.75, 3.05) is 5.32 Å². The Kier molecular flexibility index (Phi) is 3.84. The van der Waals surface area contributed by atoms with Crippen LogP contribution < -0.4 is 11.1 Å². The van der Waals surface area contributed by atoms with Crippen LogP contribution in [0.25, 0.3) is 0 Å². The van der Waals surface area contributed by atoms with Gasteiger partial charge in [0.1, 0.15) is 5.82 Å². The molecule has 3 unspecified atom stereocenters. The molecule has 0 radical (unpaired) electrons. The summed E-state index contributed by atoms with van der Waals surface area (Å²) in [6.45, 7) is 4.63. The van der Waals surface area contributed by atoms with Gasteiger partial charge in [-0.15, -0.1) is 0 Å². The van der Waals surface area contributed by atoms with Crippen LogP contribution in [0.3, 0.4) is 0 Å². The minimum absolute atomic E-state index is 0.436. The molecule has 0 aliphatic heterocycles. The molecule has 18 heavy (non-hydrogen) atoms. The Hall–Kier alpha value is -1.58. The average Bonchev–Trinajstić information content (AvgIpc) is 2.34. The lowest BCUT2D eigenvalue weighted by Crippen LogP contribution is -2.30. The second-order valence-corrected chi connectivity index (χ2v) is 5.41. The second kappa shape index (κ2) is 5.38. The minimum atomic E-state index is -0.436. The topological polar surface area (TPSA) is 68.0 Å². The number of nitrogens with one attached hydrogen (secondary N) is 1. The van der Waals surface area contributed by atoms with Crippen LogP contribution in [-0.2, 0) is 0 Å². The van der Waals surface area contributed by atoms with E-state index in [9.17, 15) is 4.79 Å². The molecule has 1 aromatic rings. The van der Waals surface area contributed by atoms with Crippen LogP contribution in [0.1, 0.15) is 43.5 Å². The number of amides is 1. The number of hydrogen-bond acceptors (Lipinski definition) is 3. The largest absolute Gasteiger partial charge is 0.367 e. The van der Waals surface area contributed by atoms with E-state index in [4.69, 9.17) is 5.73 Å². The van der Waals surface area contributed by atoms with Crippen LogP contribution in [0.15, 0.2) is 18.3 Å². The van der Waals surface area contributed by atoms with Gasteiger partial charge in [-0.3, -0.25) is 4.79 Å². The molecule has 1 aliphatic carbocycles. The molecule has 1 aliphatic rings. The fourth-order valence-electron chi connectivity index (χ4n) is 2.51. The summed E-state index contributed by atoms with van der Waals surface area (Å²) in [6, 6.07) is 4.03. The Labute approximate surface area is 108 Å². The van der Waals surface area contributed by atoms with Gasteiger partial charge in [0.25, 0.3) is 0 Å². The summed E-state index contributed by atoms with van der Waals surface area (Å²) in [6.07, 6.45) is 5.16. The summed E-state index contributed by atoms with van der Waals surface area (Å²) in [5.41, 5.74) is 5.63. The first kappa shape index (κ1) is 12.9. The van der Waals surface area contributed by atoms with E-state index in [1.54, 1.807) is 6.07 Å². The molecular formula is C14H21N3O. The predicted octanol–water partition coefficient (Wildman–Crippen LogP) is 2.42. The summed E-state index contributed by atoms with van der Waals surface area (Å²) in [5.74, 6) is 1.95. The number of anilines is 1. The lowest BCUT2D eigenvalue weighted by molar-refractivity contribution is 0.1000. The van der Waals surface area contributed by atoms with E-state index < -0.39 is 5.91 Å². The molecule has 2 rings (SSSR count). The molecule has 0 bridgehead atoms. The van der Waals surface area contributed by atoms with E-state index in [-0.39, 0.29) is 0 Å². The molecule has 3 atom stereocenters. The number of hydrogen-bond donors (Lipinski definition) is 2. The first-order valence-corrected chi connectivity index (χ1v) is 6.58. The van der Waals surface area contributed by atoms with Crippen LogP contribution in [0, 0.1) is 11.8 Å². The summed E-state index contributed by atoms with van der Waals surface area (Å²) >= 11 is 0. The van der Waals surface area contributed by atoms with Gasteiger partial charge >= 0.3 is 0 Å². The lowest BCUT2D eigenvalue weighted by Gasteiger charge is -2.32. The number of rotatable bonds is 3. The third kappa shape index (κ3) is 3.00. The standard InChI is InChI=1S/C14H21N3O/c1-9-3-5-12(7-10(9)2)17-13-6-4-11(8-16-13)14(15)18/h4,6,8-10,12H,3,5,7H2,1-2H3,(H2,15,18)(H,16,17). The van der Waals surface area contributed by atoms with Gasteiger partial charge in [0.05, 0.1) is 5.56 Å². The van der Waals surface area contributed by atoms with E-state index >= 15 is 0 Å². The molecule has 0 spiro atoms. The Morgan fingerprint density at radius 2 is 2.11 bits per heavy atom. The number of carbonyl (C=O) groups excluding carboxylic acids is 1. The monoisotopic (exact) mass is 247 g/mol. The summed E-state index contributed by atoms with van der Waals surface area (Å²) in [7, 11) is 0. The van der Waals surface area contributed by atoms with Crippen LogP contribution in [0.5, 0.6) is 0 Å². The van der Waals surface area contributed by atoms with Crippen LogP contribution >= 0.6 is 0 Å². The highest BCUT2D eigenvalue weighted by Gasteiger charge is 2.24. The zero-order valence-electron chi connectivity index (χ0n) is 11.0. The first-order chi connectivity index (χ1) is 8.56. The van der Waals surface area contributed by atoms with E-state index in [1.165, 1.54) is 25.5 Å². The molecule has 98 valence electrons. The van der Waals surface area contributed by atoms with Gasteiger partial charge < -0.3 is 11.1 Å². The van der Waals surface area contributed by atoms with Crippen molar-refractivity contribution in [2.24, 2.45) is 17.6 Å². The van der Waals surface area contributed by atoms with Crippen molar-refractivity contribution in [3.05, 3.63) is 23.9 Å². The van der Waals surface area contributed by atoms with E-state index in [0.717, 1.165) is 17.7 Å². The zero-order chi connectivity index (χ0) is 13.1. The van der Waals surface area contributed by atoms with Gasteiger partial charge in [-0.05, 0) is 43.2 Å². The molecule has 4 heteroatoms. The minimum Gasteiger partial charge on any atom is -0.367 e. The number of pyridine rings is 1. The smallest absolute Gasteiger partial charge is 0.250 e. The number of carbonyl (C=O) groups is 1. The maximum absolute atomic E-state index is 10.9. The van der Waals surface area contributed by atoms with Crippen molar-refractivity contribution in [3.63, 3.8) is 0 Å². The van der Waals surface area contributed by atoms with Gasteiger partial charge in [0.15, 0.2) is 0 Å². The predicted molar refractivity (Wildman–Crippen MR) is 72.3 cm³/mol. The Morgan fingerprint density at radius 3 is 2.67 bits per heavy atom. The number of aromatic nitrogens is 1. The first-order valence-electron chi connectivity index (χ1n) is 6.58. The fraction of sp³-hybridized carbons (Fsp3) is 0.571. The van der Waals surface area contributed by atoms with Crippen molar-refractivity contribution < 1.29 is 4.79 Å². The quantitative estimate of drug-likeness (QED) is 0.862. The molecule has 0 saturated heterocycles. The fourth-order valence-corrected chi connectivity index (χ4v) is 2.51. The Balaban J connectivity index is 1.95. The average molecular weight is 247 g/mol. The molecule has 0 aromatic carbocycles. The highest BCUT2D eigenvalue weighted by atomic mass is 16.1. The van der Waals surface area contributed by atoms with E-state index in [0.29, 0.717) is 11.6 Å². The van der Waals surface area contributed by atoms with E-state index in [2.05, 4.69) is 24.1 Å². The Morgan fingerprint density at radius 1 is 1.33 bits per heavy atom. The molecule has 4 nitrogen and oxygen atoms in total. The third-order valence-electron chi connectivity index (χ3n) is 4.00. The highest BCUT2D eigenvalue weighted by Crippen LogP contribution is 2.30. The SMILES string of the molecule is CC1CCC(Nc2ccc(C(N)=O)cn2)CC1C. The van der Waals surface area contributed by atoms with Gasteiger partial charge in [0.2, 0.25) is 5.91 Å². The third-order valence-corrected chi connectivity index (χ3v) is 4.00. The van der Waals surface area contributed by atoms with Gasteiger partial charge in [0, 0.05) is 12.2 Å². The molecule has 1 aromatic heterocycles. The summed E-state index contributed by atoms with van der Waals surface area (Å²) < 4.78 is 0. The molecule has 1 fully saturated rings. The maximum Gasteiger partial charge on any atom is 0.250 e. The van der Waals surface area contributed by atoms with Crippen molar-refractivity contribution >= 4 is 11.7 Å². The summed E-state index contributed by atoms with van der Waals surface area (Å²) in [4.78, 5) is 15.2. The van der Waals surface area contributed by atoms with Crippen LogP contribution in [-0.4, -0.2) is 16.9 Å². The van der Waals surface area contributed by atoms with Crippen molar-refractivity contribution in [1.29, 1.82) is 0 Å². The van der Waals surface area contributed by atoms with E-state index in [1.807, 2.05) is 6.07 Å². The number of primary amides is 1.